The van der Waals surface area contributed by atoms with Crippen LogP contribution in [0.3, 0.4) is 0 Å². The fourth-order valence-corrected chi connectivity index (χ4v) is 4.23. The molecule has 0 aliphatic carbocycles. The number of piperidine rings is 1. The fourth-order valence-electron chi connectivity index (χ4n) is 3.89. The predicted octanol–water partition coefficient (Wildman–Crippen LogP) is 2.90. The summed E-state index contributed by atoms with van der Waals surface area (Å²) in [5, 5.41) is 5.20. The highest BCUT2D eigenvalue weighted by Gasteiger charge is 2.25. The Labute approximate surface area is 153 Å². The van der Waals surface area contributed by atoms with Gasteiger partial charge in [-0.1, -0.05) is 25.6 Å². The summed E-state index contributed by atoms with van der Waals surface area (Å²) in [4.78, 5) is 23.7. The molecular formula is C18H27N5OS. The van der Waals surface area contributed by atoms with E-state index in [-0.39, 0.29) is 5.91 Å². The molecule has 1 amide bonds. The van der Waals surface area contributed by atoms with Gasteiger partial charge in [-0.15, -0.1) is 5.10 Å². The molecule has 3 rings (SSSR count). The van der Waals surface area contributed by atoms with Crippen LogP contribution in [0, 0.1) is 25.7 Å². The highest BCUT2D eigenvalue weighted by molar-refractivity contribution is 7.98. The highest BCUT2D eigenvalue weighted by atomic mass is 32.2. The lowest BCUT2D eigenvalue weighted by atomic mass is 9.91. The van der Waals surface area contributed by atoms with Crippen LogP contribution in [-0.4, -0.2) is 49.7 Å². The molecule has 0 spiro atoms. The maximum atomic E-state index is 12.7. The van der Waals surface area contributed by atoms with Gasteiger partial charge in [-0.05, 0) is 50.3 Å². The van der Waals surface area contributed by atoms with E-state index in [0.29, 0.717) is 30.5 Å². The Morgan fingerprint density at radius 1 is 1.20 bits per heavy atom. The number of likely N-dealkylation sites (tertiary alicyclic amines) is 1. The molecule has 1 saturated heterocycles. The van der Waals surface area contributed by atoms with Crippen molar-refractivity contribution in [1.82, 2.24) is 24.5 Å². The van der Waals surface area contributed by atoms with Gasteiger partial charge in [-0.3, -0.25) is 4.79 Å². The lowest BCUT2D eigenvalue weighted by Crippen LogP contribution is -2.42. The van der Waals surface area contributed by atoms with Crippen LogP contribution in [0.15, 0.2) is 5.16 Å². The van der Waals surface area contributed by atoms with Crippen LogP contribution in [0.4, 0.5) is 0 Å². The molecule has 3 heterocycles. The Hall–Kier alpha value is -1.63. The molecular weight excluding hydrogens is 334 g/mol. The molecule has 2 aromatic rings. The molecule has 2 atom stereocenters. The van der Waals surface area contributed by atoms with Gasteiger partial charge in [-0.2, -0.15) is 4.98 Å². The van der Waals surface area contributed by atoms with Crippen molar-refractivity contribution in [3.63, 3.8) is 0 Å². The standard InChI is InChI=1S/C18H27N5OS/c1-11-8-12(2)10-22(9-11)16(24)7-6-15-13(3)19-17-20-18(25-5)21-23(17)14(15)4/h11-12H,6-10H2,1-5H3/t11-,12-/m0/s1. The monoisotopic (exact) mass is 361 g/mol. The van der Waals surface area contributed by atoms with E-state index >= 15 is 0 Å². The summed E-state index contributed by atoms with van der Waals surface area (Å²) in [5.41, 5.74) is 3.08. The molecule has 1 aliphatic heterocycles. The number of aromatic nitrogens is 4. The average Bonchev–Trinajstić information content (AvgIpc) is 2.96. The molecule has 0 unspecified atom stereocenters. The van der Waals surface area contributed by atoms with Crippen LogP contribution < -0.4 is 0 Å². The number of amides is 1. The van der Waals surface area contributed by atoms with Crippen LogP contribution >= 0.6 is 11.8 Å². The number of hydrogen-bond acceptors (Lipinski definition) is 5. The minimum Gasteiger partial charge on any atom is -0.342 e. The van der Waals surface area contributed by atoms with E-state index in [9.17, 15) is 4.79 Å². The van der Waals surface area contributed by atoms with Crippen molar-refractivity contribution in [3.05, 3.63) is 17.0 Å². The van der Waals surface area contributed by atoms with Gasteiger partial charge in [-0.25, -0.2) is 9.50 Å². The second-order valence-corrected chi connectivity index (χ2v) is 8.09. The zero-order chi connectivity index (χ0) is 18.1. The highest BCUT2D eigenvalue weighted by Crippen LogP contribution is 2.23. The molecule has 6 nitrogen and oxygen atoms in total. The molecule has 2 aromatic heterocycles. The van der Waals surface area contributed by atoms with Crippen molar-refractivity contribution < 1.29 is 4.79 Å². The van der Waals surface area contributed by atoms with Gasteiger partial charge in [0.2, 0.25) is 11.1 Å². The van der Waals surface area contributed by atoms with Crippen molar-refractivity contribution in [2.75, 3.05) is 19.3 Å². The zero-order valence-corrected chi connectivity index (χ0v) is 16.6. The summed E-state index contributed by atoms with van der Waals surface area (Å²) in [6, 6.07) is 0. The third-order valence-electron chi connectivity index (χ3n) is 5.02. The quantitative estimate of drug-likeness (QED) is 0.784. The first kappa shape index (κ1) is 18.2. The van der Waals surface area contributed by atoms with Gasteiger partial charge in [0.05, 0.1) is 0 Å². The molecule has 0 N–H and O–H groups in total. The van der Waals surface area contributed by atoms with Crippen molar-refractivity contribution in [3.8, 4) is 0 Å². The lowest BCUT2D eigenvalue weighted by Gasteiger charge is -2.35. The van der Waals surface area contributed by atoms with Gasteiger partial charge >= 0.3 is 0 Å². The lowest BCUT2D eigenvalue weighted by molar-refractivity contribution is -0.133. The fraction of sp³-hybridized carbons (Fsp3) is 0.667. The van der Waals surface area contributed by atoms with Gasteiger partial charge in [0, 0.05) is 30.9 Å². The third kappa shape index (κ3) is 3.81. The Morgan fingerprint density at radius 2 is 1.88 bits per heavy atom. The van der Waals surface area contributed by atoms with E-state index in [4.69, 9.17) is 0 Å². The van der Waals surface area contributed by atoms with E-state index < -0.39 is 0 Å². The number of rotatable bonds is 4. The van der Waals surface area contributed by atoms with Crippen LogP contribution in [0.5, 0.6) is 0 Å². The number of hydrogen-bond donors (Lipinski definition) is 0. The normalized spacial score (nSPS) is 21.1. The summed E-state index contributed by atoms with van der Waals surface area (Å²) < 4.78 is 1.80. The van der Waals surface area contributed by atoms with E-state index in [1.54, 1.807) is 4.52 Å². The Balaban J connectivity index is 1.75. The van der Waals surface area contributed by atoms with E-state index in [1.807, 2.05) is 25.0 Å². The molecule has 0 bridgehead atoms. The van der Waals surface area contributed by atoms with Gasteiger partial charge < -0.3 is 4.90 Å². The van der Waals surface area contributed by atoms with Crippen LogP contribution in [0.25, 0.3) is 5.78 Å². The zero-order valence-electron chi connectivity index (χ0n) is 15.7. The van der Waals surface area contributed by atoms with Gasteiger partial charge in [0.1, 0.15) is 0 Å². The van der Waals surface area contributed by atoms with Crippen molar-refractivity contribution in [1.29, 1.82) is 0 Å². The van der Waals surface area contributed by atoms with E-state index in [1.165, 1.54) is 18.2 Å². The van der Waals surface area contributed by atoms with Crippen LogP contribution in [0.2, 0.25) is 0 Å². The molecule has 0 aromatic carbocycles. The topological polar surface area (TPSA) is 63.4 Å². The molecule has 1 fully saturated rings. The smallest absolute Gasteiger partial charge is 0.253 e. The third-order valence-corrected chi connectivity index (χ3v) is 5.56. The van der Waals surface area contributed by atoms with Crippen molar-refractivity contribution in [2.45, 2.75) is 52.1 Å². The first-order valence-corrected chi connectivity index (χ1v) is 10.2. The largest absolute Gasteiger partial charge is 0.342 e. The first-order valence-electron chi connectivity index (χ1n) is 8.93. The number of carbonyl (C=O) groups is 1. The molecule has 0 radical (unpaired) electrons. The second kappa shape index (κ2) is 7.32. The number of thioether (sulfide) groups is 1. The molecule has 25 heavy (non-hydrogen) atoms. The van der Waals surface area contributed by atoms with Crippen LogP contribution in [0.1, 0.15) is 43.6 Å². The van der Waals surface area contributed by atoms with Crippen LogP contribution in [-0.2, 0) is 11.2 Å². The number of aryl methyl sites for hydroxylation is 2. The minimum absolute atomic E-state index is 0.251. The maximum absolute atomic E-state index is 12.7. The van der Waals surface area contributed by atoms with Gasteiger partial charge in [0.15, 0.2) is 0 Å². The molecule has 136 valence electrons. The number of fused-ring (bicyclic) bond motifs is 1. The second-order valence-electron chi connectivity index (χ2n) is 7.32. The first-order chi connectivity index (χ1) is 11.9. The summed E-state index contributed by atoms with van der Waals surface area (Å²) in [6.07, 6.45) is 4.40. The van der Waals surface area contributed by atoms with E-state index in [2.05, 4.69) is 28.9 Å². The maximum Gasteiger partial charge on any atom is 0.253 e. The Morgan fingerprint density at radius 3 is 2.52 bits per heavy atom. The predicted molar refractivity (Wildman–Crippen MR) is 99.9 cm³/mol. The van der Waals surface area contributed by atoms with Crippen molar-refractivity contribution in [2.24, 2.45) is 11.8 Å². The number of carbonyl (C=O) groups excluding carboxylic acids is 1. The van der Waals surface area contributed by atoms with E-state index in [0.717, 1.165) is 35.2 Å². The Kier molecular flexibility index (Phi) is 5.32. The SMILES string of the molecule is CSc1nc2nc(C)c(CCC(=O)N3C[C@@H](C)C[C@H](C)C3)c(C)n2n1. The summed E-state index contributed by atoms with van der Waals surface area (Å²) in [5.74, 6) is 2.07. The average molecular weight is 362 g/mol. The molecule has 1 aliphatic rings. The Bertz CT molecular complexity index is 777. The molecule has 7 heteroatoms. The number of nitrogens with zero attached hydrogens (tertiary/aromatic N) is 5. The minimum atomic E-state index is 0.251. The molecule has 0 saturated carbocycles. The summed E-state index contributed by atoms with van der Waals surface area (Å²) in [7, 11) is 0. The van der Waals surface area contributed by atoms with Crippen molar-refractivity contribution >= 4 is 23.4 Å². The summed E-state index contributed by atoms with van der Waals surface area (Å²) >= 11 is 1.51. The van der Waals surface area contributed by atoms with Gasteiger partial charge in [0.25, 0.3) is 5.78 Å². The summed E-state index contributed by atoms with van der Waals surface area (Å²) in [6.45, 7) is 10.3.